The van der Waals surface area contributed by atoms with Gasteiger partial charge in [0.15, 0.2) is 0 Å². The van der Waals surface area contributed by atoms with Crippen LogP contribution in [-0.4, -0.2) is 36.6 Å². The minimum atomic E-state index is -4.58. The summed E-state index contributed by atoms with van der Waals surface area (Å²) in [5, 5.41) is 0. The van der Waals surface area contributed by atoms with E-state index >= 15 is 0 Å². The molecular formula is C14H15BrF3NO2. The lowest BCUT2D eigenvalue weighted by Gasteiger charge is -2.27. The Balaban J connectivity index is 2.35. The van der Waals surface area contributed by atoms with E-state index in [1.165, 1.54) is 24.1 Å². The molecule has 7 heteroatoms. The zero-order valence-corrected chi connectivity index (χ0v) is 13.2. The van der Waals surface area contributed by atoms with Gasteiger partial charge < -0.3 is 9.64 Å². The monoisotopic (exact) mass is 365 g/mol. The molecule has 2 unspecified atom stereocenters. The van der Waals surface area contributed by atoms with Crippen molar-refractivity contribution in [2.45, 2.75) is 31.7 Å². The third-order valence-electron chi connectivity index (χ3n) is 3.67. The molecular weight excluding hydrogens is 351 g/mol. The van der Waals surface area contributed by atoms with Crippen molar-refractivity contribution in [3.05, 3.63) is 33.8 Å². The van der Waals surface area contributed by atoms with Crippen LogP contribution in [-0.2, 0) is 10.9 Å². The number of amides is 1. The van der Waals surface area contributed by atoms with E-state index in [-0.39, 0.29) is 22.2 Å². The number of alkyl halides is 3. The predicted octanol–water partition coefficient (Wildman–Crippen LogP) is 3.72. The zero-order valence-electron chi connectivity index (χ0n) is 11.6. The van der Waals surface area contributed by atoms with E-state index in [0.29, 0.717) is 13.0 Å². The van der Waals surface area contributed by atoms with Crippen molar-refractivity contribution < 1.29 is 22.7 Å². The number of rotatable bonds is 2. The highest BCUT2D eigenvalue weighted by Gasteiger charge is 2.38. The van der Waals surface area contributed by atoms with Gasteiger partial charge in [-0.15, -0.1) is 0 Å². The molecule has 116 valence electrons. The summed E-state index contributed by atoms with van der Waals surface area (Å²) in [6.07, 6.45) is -4.13. The number of nitrogens with zero attached hydrogens (tertiary/aromatic N) is 1. The summed E-state index contributed by atoms with van der Waals surface area (Å²) < 4.78 is 44.9. The molecule has 0 aliphatic carbocycles. The van der Waals surface area contributed by atoms with Gasteiger partial charge in [-0.05, 0) is 31.5 Å². The maximum Gasteiger partial charge on any atom is 0.417 e. The summed E-state index contributed by atoms with van der Waals surface area (Å²) in [5.41, 5.74) is -1.27. The number of benzene rings is 1. The van der Waals surface area contributed by atoms with Gasteiger partial charge in [-0.25, -0.2) is 0 Å². The van der Waals surface area contributed by atoms with Gasteiger partial charge in [-0.1, -0.05) is 15.9 Å². The topological polar surface area (TPSA) is 29.5 Å². The van der Waals surface area contributed by atoms with Crippen molar-refractivity contribution in [2.24, 2.45) is 0 Å². The van der Waals surface area contributed by atoms with Crippen LogP contribution >= 0.6 is 15.9 Å². The third kappa shape index (κ3) is 3.40. The number of hydrogen-bond donors (Lipinski definition) is 0. The minimum absolute atomic E-state index is 0.177. The molecule has 2 atom stereocenters. The first-order chi connectivity index (χ1) is 9.71. The maximum absolute atomic E-state index is 13.1. The molecule has 3 nitrogen and oxygen atoms in total. The molecule has 21 heavy (non-hydrogen) atoms. The van der Waals surface area contributed by atoms with Crippen LogP contribution in [0.5, 0.6) is 0 Å². The fourth-order valence-electron chi connectivity index (χ4n) is 2.51. The van der Waals surface area contributed by atoms with E-state index in [0.717, 1.165) is 6.07 Å². The number of carbonyl (C=O) groups excluding carboxylic acids is 1. The Morgan fingerprint density at radius 3 is 2.62 bits per heavy atom. The van der Waals surface area contributed by atoms with Gasteiger partial charge in [0, 0.05) is 18.1 Å². The predicted molar refractivity (Wildman–Crippen MR) is 75.1 cm³/mol. The molecule has 0 saturated carbocycles. The smallest absolute Gasteiger partial charge is 0.376 e. The van der Waals surface area contributed by atoms with Gasteiger partial charge in [0.2, 0.25) is 0 Å². The van der Waals surface area contributed by atoms with Crippen molar-refractivity contribution >= 4 is 21.8 Å². The van der Waals surface area contributed by atoms with Crippen LogP contribution in [0.2, 0.25) is 0 Å². The molecule has 0 aromatic heterocycles. The second kappa shape index (κ2) is 5.96. The normalized spacial score (nSPS) is 22.4. The molecule has 2 rings (SSSR count). The van der Waals surface area contributed by atoms with Crippen molar-refractivity contribution in [3.63, 3.8) is 0 Å². The molecule has 1 aliphatic heterocycles. The molecule has 1 aliphatic rings. The van der Waals surface area contributed by atoms with E-state index in [4.69, 9.17) is 4.74 Å². The summed E-state index contributed by atoms with van der Waals surface area (Å²) in [7, 11) is 1.51. The fourth-order valence-corrected chi connectivity index (χ4v) is 2.87. The number of hydrogen-bond acceptors (Lipinski definition) is 2. The Kier molecular flexibility index (Phi) is 4.63. The summed E-state index contributed by atoms with van der Waals surface area (Å²) in [5.74, 6) is -0.642. The van der Waals surface area contributed by atoms with Gasteiger partial charge in [0.1, 0.15) is 0 Å². The quantitative estimate of drug-likeness (QED) is 0.799. The van der Waals surface area contributed by atoms with E-state index < -0.39 is 17.6 Å². The minimum Gasteiger partial charge on any atom is -0.376 e. The molecule has 1 heterocycles. The van der Waals surface area contributed by atoms with E-state index in [1.807, 2.05) is 6.92 Å². The van der Waals surface area contributed by atoms with Gasteiger partial charge in [0.25, 0.3) is 5.91 Å². The summed E-state index contributed by atoms with van der Waals surface area (Å²) >= 11 is 3.01. The van der Waals surface area contributed by atoms with Crippen LogP contribution in [0.4, 0.5) is 13.2 Å². The lowest BCUT2D eigenvalue weighted by molar-refractivity contribution is -0.138. The van der Waals surface area contributed by atoms with Crippen LogP contribution in [0.15, 0.2) is 22.7 Å². The molecule has 0 spiro atoms. The molecule has 1 fully saturated rings. The second-order valence-corrected chi connectivity index (χ2v) is 5.95. The lowest BCUT2D eigenvalue weighted by Crippen LogP contribution is -2.41. The van der Waals surface area contributed by atoms with Crippen LogP contribution in [0.3, 0.4) is 0 Å². The zero-order chi connectivity index (χ0) is 15.8. The van der Waals surface area contributed by atoms with Crippen LogP contribution in [0.1, 0.15) is 29.3 Å². The van der Waals surface area contributed by atoms with Crippen molar-refractivity contribution in [1.82, 2.24) is 4.90 Å². The summed E-state index contributed by atoms with van der Waals surface area (Å²) in [4.78, 5) is 13.8. The molecule has 1 aromatic rings. The molecule has 0 bridgehead atoms. The highest BCUT2D eigenvalue weighted by atomic mass is 79.9. The molecule has 1 amide bonds. The Bertz CT molecular complexity index is 548. The Hall–Kier alpha value is -1.08. The Morgan fingerprint density at radius 2 is 2.10 bits per heavy atom. The van der Waals surface area contributed by atoms with Crippen molar-refractivity contribution in [3.8, 4) is 0 Å². The average Bonchev–Trinajstić information content (AvgIpc) is 2.82. The van der Waals surface area contributed by atoms with E-state index in [9.17, 15) is 18.0 Å². The van der Waals surface area contributed by atoms with Gasteiger partial charge in [0.05, 0.1) is 23.3 Å². The van der Waals surface area contributed by atoms with Gasteiger partial charge in [-0.3, -0.25) is 4.79 Å². The largest absolute Gasteiger partial charge is 0.417 e. The van der Waals surface area contributed by atoms with Crippen LogP contribution in [0, 0.1) is 0 Å². The summed E-state index contributed by atoms with van der Waals surface area (Å²) in [6, 6.07) is 3.36. The fraction of sp³-hybridized carbons (Fsp3) is 0.500. The molecule has 1 aromatic carbocycles. The van der Waals surface area contributed by atoms with Gasteiger partial charge >= 0.3 is 6.18 Å². The first kappa shape index (κ1) is 16.3. The third-order valence-corrected chi connectivity index (χ3v) is 4.16. The standard InChI is InChI=1S/C14H15BrF3NO2/c1-8-12(5-6-21-8)19(2)13(20)10-4-3-9(15)7-11(10)14(16,17)18/h3-4,7-8,12H,5-6H2,1-2H3. The van der Waals surface area contributed by atoms with Crippen LogP contribution in [0.25, 0.3) is 0 Å². The Morgan fingerprint density at radius 1 is 1.43 bits per heavy atom. The molecule has 1 saturated heterocycles. The second-order valence-electron chi connectivity index (χ2n) is 5.04. The first-order valence-corrected chi connectivity index (χ1v) is 7.26. The highest BCUT2D eigenvalue weighted by molar-refractivity contribution is 9.10. The van der Waals surface area contributed by atoms with E-state index in [2.05, 4.69) is 15.9 Å². The van der Waals surface area contributed by atoms with Crippen LogP contribution < -0.4 is 0 Å². The van der Waals surface area contributed by atoms with Crippen molar-refractivity contribution in [1.29, 1.82) is 0 Å². The molecule has 0 N–H and O–H groups in total. The number of carbonyl (C=O) groups is 1. The summed E-state index contributed by atoms with van der Waals surface area (Å²) in [6.45, 7) is 2.32. The first-order valence-electron chi connectivity index (χ1n) is 6.47. The van der Waals surface area contributed by atoms with Gasteiger partial charge in [-0.2, -0.15) is 13.2 Å². The maximum atomic E-state index is 13.1. The Labute approximate surface area is 129 Å². The van der Waals surface area contributed by atoms with E-state index in [1.54, 1.807) is 0 Å². The molecule has 0 radical (unpaired) electrons. The average molecular weight is 366 g/mol. The number of halogens is 4. The SMILES string of the molecule is CC1OCCC1N(C)C(=O)c1ccc(Br)cc1C(F)(F)F. The highest BCUT2D eigenvalue weighted by Crippen LogP contribution is 2.35. The van der Waals surface area contributed by atoms with Crippen molar-refractivity contribution in [2.75, 3.05) is 13.7 Å². The number of ether oxygens (including phenoxy) is 1. The number of likely N-dealkylation sites (N-methyl/N-ethyl adjacent to an activating group) is 1. The lowest BCUT2D eigenvalue weighted by atomic mass is 10.0.